The maximum absolute atomic E-state index is 6.43. The number of pyridine rings is 2. The highest BCUT2D eigenvalue weighted by Crippen LogP contribution is 2.36. The van der Waals surface area contributed by atoms with Crippen molar-refractivity contribution in [1.29, 1.82) is 0 Å². The van der Waals surface area contributed by atoms with E-state index in [4.69, 9.17) is 21.3 Å². The largest absolute Gasteiger partial charge is 0.495 e. The quantitative estimate of drug-likeness (QED) is 0.426. The molecule has 0 aliphatic carbocycles. The molecule has 3 aromatic rings. The zero-order valence-corrected chi connectivity index (χ0v) is 21.3. The molecule has 0 saturated carbocycles. The molecule has 6 heteroatoms. The first kappa shape index (κ1) is 28.5. The van der Waals surface area contributed by atoms with Gasteiger partial charge in [0.1, 0.15) is 17.4 Å². The number of methoxy groups -OCH3 is 1. The normalized spacial score (nSPS) is 9.23. The van der Waals surface area contributed by atoms with Gasteiger partial charge in [-0.1, -0.05) is 78.1 Å². The van der Waals surface area contributed by atoms with Crippen LogP contribution in [0, 0.1) is 0 Å². The number of anilines is 2. The Morgan fingerprint density at radius 2 is 1.58 bits per heavy atom. The molecule has 0 amide bonds. The van der Waals surface area contributed by atoms with Crippen LogP contribution >= 0.6 is 11.6 Å². The van der Waals surface area contributed by atoms with E-state index in [1.807, 2.05) is 64.5 Å². The van der Waals surface area contributed by atoms with Crippen LogP contribution in [0.3, 0.4) is 0 Å². The van der Waals surface area contributed by atoms with E-state index in [1.54, 1.807) is 7.11 Å². The number of nitrogens with zero attached hydrogens (tertiary/aromatic N) is 2. The van der Waals surface area contributed by atoms with Gasteiger partial charge in [-0.2, -0.15) is 0 Å². The summed E-state index contributed by atoms with van der Waals surface area (Å²) >= 11 is 6.43. The molecule has 0 unspecified atom stereocenters. The highest BCUT2D eigenvalue weighted by atomic mass is 35.5. The van der Waals surface area contributed by atoms with Crippen molar-refractivity contribution in [3.8, 4) is 17.0 Å². The minimum absolute atomic E-state index is 0.545. The molecule has 0 spiro atoms. The molecule has 2 aromatic heterocycles. The summed E-state index contributed by atoms with van der Waals surface area (Å²) in [4.78, 5) is 9.06. The molecule has 172 valence electrons. The molecule has 0 fully saturated rings. The van der Waals surface area contributed by atoms with Gasteiger partial charge in [0, 0.05) is 36.6 Å². The molecule has 0 bridgehead atoms. The minimum atomic E-state index is 0.545. The van der Waals surface area contributed by atoms with Gasteiger partial charge < -0.3 is 15.4 Å². The fraction of sp³-hybridized carbons (Fsp3) is 0.440. The average molecular weight is 447 g/mol. The van der Waals surface area contributed by atoms with Gasteiger partial charge in [-0.3, -0.25) is 0 Å². The van der Waals surface area contributed by atoms with Crippen molar-refractivity contribution in [2.45, 2.75) is 54.4 Å². The highest BCUT2D eigenvalue weighted by Gasteiger charge is 2.13. The van der Waals surface area contributed by atoms with E-state index in [0.29, 0.717) is 10.8 Å². The van der Waals surface area contributed by atoms with Gasteiger partial charge in [-0.25, -0.2) is 9.97 Å². The molecule has 0 atom stereocenters. The Kier molecular flexibility index (Phi) is 14.9. The van der Waals surface area contributed by atoms with Gasteiger partial charge in [0.2, 0.25) is 0 Å². The monoisotopic (exact) mass is 446 g/mol. The molecule has 3 rings (SSSR count). The van der Waals surface area contributed by atoms with E-state index in [2.05, 4.69) is 43.3 Å². The third-order valence-corrected chi connectivity index (χ3v) is 4.06. The number of rotatable bonds is 4. The summed E-state index contributed by atoms with van der Waals surface area (Å²) in [5.41, 5.74) is 1.59. The van der Waals surface area contributed by atoms with Crippen molar-refractivity contribution in [3.63, 3.8) is 0 Å². The lowest BCUT2D eigenvalue weighted by molar-refractivity contribution is 0.415. The van der Waals surface area contributed by atoms with Gasteiger partial charge in [-0.05, 0) is 18.2 Å². The number of aromatic nitrogens is 2. The van der Waals surface area contributed by atoms with E-state index < -0.39 is 0 Å². The Balaban J connectivity index is 0.000000991. The number of fused-ring (bicyclic) bond motifs is 1. The van der Waals surface area contributed by atoms with E-state index in [0.717, 1.165) is 33.7 Å². The van der Waals surface area contributed by atoms with Crippen LogP contribution in [0.1, 0.15) is 54.4 Å². The van der Waals surface area contributed by atoms with Crippen LogP contribution in [0.4, 0.5) is 11.6 Å². The van der Waals surface area contributed by atoms with Crippen LogP contribution in [-0.2, 0) is 0 Å². The van der Waals surface area contributed by atoms with E-state index in [9.17, 15) is 0 Å². The number of nitrogens with one attached hydrogen (secondary N) is 2. The lowest BCUT2D eigenvalue weighted by atomic mass is 10.1. The number of hydrogen-bond donors (Lipinski definition) is 2. The maximum atomic E-state index is 6.43. The zero-order chi connectivity index (χ0) is 23.8. The highest BCUT2D eigenvalue weighted by molar-refractivity contribution is 6.34. The van der Waals surface area contributed by atoms with Crippen molar-refractivity contribution in [2.75, 3.05) is 31.8 Å². The summed E-state index contributed by atoms with van der Waals surface area (Å²) in [6.07, 6.45) is 4.32. The van der Waals surface area contributed by atoms with Crippen LogP contribution < -0.4 is 15.4 Å². The summed E-state index contributed by atoms with van der Waals surface area (Å²) in [5, 5.41) is 8.70. The molecule has 0 aliphatic heterocycles. The van der Waals surface area contributed by atoms with Crippen LogP contribution in [0.15, 0.2) is 36.5 Å². The van der Waals surface area contributed by atoms with Gasteiger partial charge in [-0.15, -0.1) is 0 Å². The first-order valence-corrected chi connectivity index (χ1v) is 11.4. The molecule has 31 heavy (non-hydrogen) atoms. The lowest BCUT2D eigenvalue weighted by Crippen LogP contribution is -1.99. The lowest BCUT2D eigenvalue weighted by Gasteiger charge is -2.12. The van der Waals surface area contributed by atoms with Crippen LogP contribution in [-0.4, -0.2) is 31.2 Å². The summed E-state index contributed by atoms with van der Waals surface area (Å²) in [7, 11) is 5.28. The number of benzene rings is 1. The average Bonchev–Trinajstić information content (AvgIpc) is 2.80. The van der Waals surface area contributed by atoms with Gasteiger partial charge in [0.15, 0.2) is 0 Å². The molecule has 0 aliphatic rings. The second-order valence-electron chi connectivity index (χ2n) is 6.38. The molecule has 5 nitrogen and oxygen atoms in total. The number of halogens is 1. The molecule has 2 N–H and O–H groups in total. The maximum Gasteiger partial charge on any atom is 0.138 e. The standard InChI is InChI=1S/C17H17ClN4O.2C3H8.C2H6/c1-19-15-8-12-10(9-21-15)7-13(22-17(12)20-2)11-5-4-6-14(23-3)16(11)18;2*1-3-2;1-2/h4-9H,1-3H3,(H,19,21)(H,20,22);2*3H2,1-2H3;1-2H3. The van der Waals surface area contributed by atoms with Crippen molar-refractivity contribution in [1.82, 2.24) is 9.97 Å². The molecule has 2 heterocycles. The predicted octanol–water partition coefficient (Wildman–Crippen LogP) is 7.90. The topological polar surface area (TPSA) is 59.1 Å². The van der Waals surface area contributed by atoms with E-state index >= 15 is 0 Å². The summed E-state index contributed by atoms with van der Waals surface area (Å²) in [5.74, 6) is 2.19. The molecule has 0 radical (unpaired) electrons. The van der Waals surface area contributed by atoms with Crippen LogP contribution in [0.25, 0.3) is 22.0 Å². The van der Waals surface area contributed by atoms with Crippen molar-refractivity contribution in [3.05, 3.63) is 41.6 Å². The molecular formula is C25H39ClN4O. The third-order valence-electron chi connectivity index (χ3n) is 3.67. The second-order valence-corrected chi connectivity index (χ2v) is 6.76. The Hall–Kier alpha value is -2.53. The predicted molar refractivity (Wildman–Crippen MR) is 139 cm³/mol. The second kappa shape index (κ2) is 16.2. The first-order chi connectivity index (χ1) is 15.0. The van der Waals surface area contributed by atoms with Gasteiger partial charge >= 0.3 is 0 Å². The SMILES string of the molecule is CC.CCC.CCC.CNc1cc2c(NC)nc(-c3cccc(OC)c3Cl)cc2cn1. The Morgan fingerprint density at radius 1 is 0.968 bits per heavy atom. The first-order valence-electron chi connectivity index (χ1n) is 11.0. The molecule has 0 saturated heterocycles. The fourth-order valence-electron chi connectivity index (χ4n) is 2.48. The summed E-state index contributed by atoms with van der Waals surface area (Å²) in [6.45, 7) is 12.5. The summed E-state index contributed by atoms with van der Waals surface area (Å²) in [6, 6.07) is 9.59. The fourth-order valence-corrected chi connectivity index (χ4v) is 2.78. The van der Waals surface area contributed by atoms with E-state index in [-0.39, 0.29) is 0 Å². The van der Waals surface area contributed by atoms with Crippen molar-refractivity contribution in [2.24, 2.45) is 0 Å². The Bertz CT molecular complexity index is 898. The molecular weight excluding hydrogens is 408 g/mol. The Morgan fingerprint density at radius 3 is 2.10 bits per heavy atom. The number of ether oxygens (including phenoxy) is 1. The molecule has 1 aromatic carbocycles. The Labute approximate surface area is 193 Å². The van der Waals surface area contributed by atoms with Gasteiger partial charge in [0.05, 0.1) is 17.8 Å². The van der Waals surface area contributed by atoms with Crippen LogP contribution in [0.2, 0.25) is 5.02 Å². The van der Waals surface area contributed by atoms with E-state index in [1.165, 1.54) is 12.8 Å². The van der Waals surface area contributed by atoms with Crippen molar-refractivity contribution >= 4 is 34.0 Å². The van der Waals surface area contributed by atoms with Crippen LogP contribution in [0.5, 0.6) is 5.75 Å². The zero-order valence-electron chi connectivity index (χ0n) is 20.6. The number of hydrogen-bond acceptors (Lipinski definition) is 5. The van der Waals surface area contributed by atoms with Crippen molar-refractivity contribution < 1.29 is 4.74 Å². The smallest absolute Gasteiger partial charge is 0.138 e. The third kappa shape index (κ3) is 8.25. The summed E-state index contributed by atoms with van der Waals surface area (Å²) < 4.78 is 5.29. The minimum Gasteiger partial charge on any atom is -0.495 e. The van der Waals surface area contributed by atoms with Gasteiger partial charge in [0.25, 0.3) is 0 Å².